The maximum absolute atomic E-state index is 13.1. The maximum Gasteiger partial charge on any atom is 0.264 e. The number of amides is 1. The van der Waals surface area contributed by atoms with Gasteiger partial charge in [0.2, 0.25) is 0 Å². The number of para-hydroxylation sites is 1. The summed E-state index contributed by atoms with van der Waals surface area (Å²) in [4.78, 5) is 12.4. The van der Waals surface area contributed by atoms with Crippen LogP contribution in [0.25, 0.3) is 0 Å². The van der Waals surface area contributed by atoms with E-state index in [1.807, 2.05) is 19.9 Å². The fraction of sp³-hybridized carbons (Fsp3) is 0.316. The van der Waals surface area contributed by atoms with E-state index >= 15 is 0 Å². The first-order valence-electron chi connectivity index (χ1n) is 8.49. The SMILES string of the molecule is CC[C@@H](C)NC(=O)c1cc(S(=O)(=O)N(CC)c2ccccc2)ccc1Cl. The normalized spacial score (nSPS) is 12.5. The molecule has 2 rings (SSSR count). The lowest BCUT2D eigenvalue weighted by Gasteiger charge is -2.23. The molecule has 0 radical (unpaired) electrons. The van der Waals surface area contributed by atoms with Gasteiger partial charge < -0.3 is 5.32 Å². The van der Waals surface area contributed by atoms with Gasteiger partial charge in [-0.15, -0.1) is 0 Å². The minimum atomic E-state index is -3.82. The molecule has 2 aromatic carbocycles. The summed E-state index contributed by atoms with van der Waals surface area (Å²) in [5, 5.41) is 3.02. The van der Waals surface area contributed by atoms with Crippen LogP contribution < -0.4 is 9.62 Å². The number of nitrogens with zero attached hydrogens (tertiary/aromatic N) is 1. The molecule has 2 aromatic rings. The van der Waals surface area contributed by atoms with E-state index in [4.69, 9.17) is 11.6 Å². The second kappa shape index (κ2) is 8.56. The Morgan fingerprint density at radius 3 is 2.38 bits per heavy atom. The molecule has 7 heteroatoms. The van der Waals surface area contributed by atoms with Crippen molar-refractivity contribution in [2.45, 2.75) is 38.1 Å². The average Bonchev–Trinajstić information content (AvgIpc) is 2.62. The van der Waals surface area contributed by atoms with E-state index in [-0.39, 0.29) is 34.0 Å². The lowest BCUT2D eigenvalue weighted by atomic mass is 10.2. The van der Waals surface area contributed by atoms with Crippen molar-refractivity contribution in [1.29, 1.82) is 0 Å². The molecule has 0 aliphatic carbocycles. The number of carbonyl (C=O) groups excluding carboxylic acids is 1. The van der Waals surface area contributed by atoms with E-state index in [0.29, 0.717) is 5.69 Å². The maximum atomic E-state index is 13.1. The summed E-state index contributed by atoms with van der Waals surface area (Å²) in [6.45, 7) is 5.85. The zero-order valence-electron chi connectivity index (χ0n) is 15.1. The number of hydrogen-bond acceptors (Lipinski definition) is 3. The predicted molar refractivity (Wildman–Crippen MR) is 105 cm³/mol. The number of anilines is 1. The lowest BCUT2D eigenvalue weighted by molar-refractivity contribution is 0.0939. The van der Waals surface area contributed by atoms with Crippen LogP contribution in [-0.4, -0.2) is 26.9 Å². The summed E-state index contributed by atoms with van der Waals surface area (Å²) in [7, 11) is -3.82. The second-order valence-electron chi connectivity index (χ2n) is 5.93. The molecular formula is C19H23ClN2O3S. The van der Waals surface area contributed by atoms with Gasteiger partial charge in [0.25, 0.3) is 15.9 Å². The van der Waals surface area contributed by atoms with Crippen molar-refractivity contribution in [3.8, 4) is 0 Å². The highest BCUT2D eigenvalue weighted by molar-refractivity contribution is 7.92. The van der Waals surface area contributed by atoms with Crippen LogP contribution in [0.4, 0.5) is 5.69 Å². The third-order valence-corrected chi connectivity index (χ3v) is 6.32. The molecule has 0 unspecified atom stereocenters. The highest BCUT2D eigenvalue weighted by atomic mass is 35.5. The molecule has 26 heavy (non-hydrogen) atoms. The fourth-order valence-electron chi connectivity index (χ4n) is 2.46. The number of halogens is 1. The van der Waals surface area contributed by atoms with Gasteiger partial charge in [-0.1, -0.05) is 36.7 Å². The first kappa shape index (κ1) is 20.3. The average molecular weight is 395 g/mol. The number of nitrogens with one attached hydrogen (secondary N) is 1. The highest BCUT2D eigenvalue weighted by Gasteiger charge is 2.25. The van der Waals surface area contributed by atoms with Crippen molar-refractivity contribution in [3.63, 3.8) is 0 Å². The van der Waals surface area contributed by atoms with Crippen LogP contribution in [0.2, 0.25) is 5.02 Å². The van der Waals surface area contributed by atoms with Gasteiger partial charge in [0.1, 0.15) is 0 Å². The molecule has 5 nitrogen and oxygen atoms in total. The summed E-state index contributed by atoms with van der Waals surface area (Å²) in [6, 6.07) is 13.0. The summed E-state index contributed by atoms with van der Waals surface area (Å²) in [5.41, 5.74) is 0.715. The Kier molecular flexibility index (Phi) is 6.67. The Bertz CT molecular complexity index is 870. The molecule has 0 spiro atoms. The van der Waals surface area contributed by atoms with Gasteiger partial charge in [-0.25, -0.2) is 8.42 Å². The Balaban J connectivity index is 2.44. The zero-order valence-corrected chi connectivity index (χ0v) is 16.6. The summed E-state index contributed by atoms with van der Waals surface area (Å²) in [5.74, 6) is -0.385. The smallest absolute Gasteiger partial charge is 0.264 e. The van der Waals surface area contributed by atoms with Crippen LogP contribution in [0.15, 0.2) is 53.4 Å². The van der Waals surface area contributed by atoms with Gasteiger partial charge in [-0.3, -0.25) is 9.10 Å². The summed E-state index contributed by atoms with van der Waals surface area (Å²) in [6.07, 6.45) is 0.763. The Morgan fingerprint density at radius 1 is 1.15 bits per heavy atom. The number of carbonyl (C=O) groups is 1. The van der Waals surface area contributed by atoms with E-state index in [2.05, 4.69) is 5.32 Å². The molecular weight excluding hydrogens is 372 g/mol. The Morgan fingerprint density at radius 2 is 1.81 bits per heavy atom. The number of sulfonamides is 1. The van der Waals surface area contributed by atoms with Crippen LogP contribution in [0.3, 0.4) is 0 Å². The Labute approximate surface area is 160 Å². The van der Waals surface area contributed by atoms with Crippen molar-refractivity contribution in [2.24, 2.45) is 0 Å². The van der Waals surface area contributed by atoms with E-state index in [1.54, 1.807) is 31.2 Å². The molecule has 140 valence electrons. The molecule has 0 saturated heterocycles. The van der Waals surface area contributed by atoms with E-state index in [9.17, 15) is 13.2 Å². The monoisotopic (exact) mass is 394 g/mol. The number of hydrogen-bond donors (Lipinski definition) is 1. The van der Waals surface area contributed by atoms with Crippen LogP contribution >= 0.6 is 11.6 Å². The van der Waals surface area contributed by atoms with Gasteiger partial charge in [-0.2, -0.15) is 0 Å². The predicted octanol–water partition coefficient (Wildman–Crippen LogP) is 4.08. The topological polar surface area (TPSA) is 66.5 Å². The lowest BCUT2D eigenvalue weighted by Crippen LogP contribution is -2.33. The first-order chi connectivity index (χ1) is 12.3. The number of rotatable bonds is 7. The molecule has 1 atom stereocenters. The number of benzene rings is 2. The van der Waals surface area contributed by atoms with Crippen molar-refractivity contribution in [3.05, 3.63) is 59.1 Å². The largest absolute Gasteiger partial charge is 0.350 e. The van der Waals surface area contributed by atoms with E-state index in [1.165, 1.54) is 22.5 Å². The summed E-state index contributed by atoms with van der Waals surface area (Å²) >= 11 is 6.13. The van der Waals surface area contributed by atoms with Crippen LogP contribution in [0.5, 0.6) is 0 Å². The molecule has 0 saturated carbocycles. The Hall–Kier alpha value is -2.05. The van der Waals surface area contributed by atoms with Gasteiger partial charge in [-0.05, 0) is 50.6 Å². The highest BCUT2D eigenvalue weighted by Crippen LogP contribution is 2.26. The van der Waals surface area contributed by atoms with Crippen LogP contribution in [0.1, 0.15) is 37.6 Å². The van der Waals surface area contributed by atoms with Gasteiger partial charge >= 0.3 is 0 Å². The van der Waals surface area contributed by atoms with Crippen molar-refractivity contribution in [1.82, 2.24) is 5.32 Å². The van der Waals surface area contributed by atoms with Crippen LogP contribution in [0, 0.1) is 0 Å². The molecule has 1 N–H and O–H groups in total. The minimum Gasteiger partial charge on any atom is -0.350 e. The van der Waals surface area contributed by atoms with Gasteiger partial charge in [0.15, 0.2) is 0 Å². The van der Waals surface area contributed by atoms with E-state index < -0.39 is 10.0 Å². The minimum absolute atomic E-state index is 0.0295. The molecule has 1 amide bonds. The van der Waals surface area contributed by atoms with Gasteiger partial charge in [0, 0.05) is 12.6 Å². The van der Waals surface area contributed by atoms with Crippen molar-refractivity contribution >= 4 is 33.2 Å². The molecule has 0 fully saturated rings. The summed E-state index contributed by atoms with van der Waals surface area (Å²) < 4.78 is 27.5. The van der Waals surface area contributed by atoms with Crippen molar-refractivity contribution in [2.75, 3.05) is 10.8 Å². The molecule has 0 aromatic heterocycles. The second-order valence-corrected chi connectivity index (χ2v) is 8.20. The molecule has 0 aliphatic heterocycles. The van der Waals surface area contributed by atoms with E-state index in [0.717, 1.165) is 6.42 Å². The third kappa shape index (κ3) is 4.37. The zero-order chi connectivity index (χ0) is 19.3. The quantitative estimate of drug-likeness (QED) is 0.769. The van der Waals surface area contributed by atoms with Crippen molar-refractivity contribution < 1.29 is 13.2 Å². The fourth-order valence-corrected chi connectivity index (χ4v) is 4.16. The standard InChI is InChI=1S/C19H23ClN2O3S/c1-4-14(3)21-19(23)17-13-16(11-12-18(17)20)26(24,25)22(5-2)15-9-7-6-8-10-15/h6-14H,4-5H2,1-3H3,(H,21,23)/t14-/m1/s1. The van der Waals surface area contributed by atoms with Gasteiger partial charge in [0.05, 0.1) is 21.2 Å². The first-order valence-corrected chi connectivity index (χ1v) is 10.3. The molecule has 0 aliphatic rings. The molecule has 0 bridgehead atoms. The third-order valence-electron chi connectivity index (χ3n) is 4.09. The van der Waals surface area contributed by atoms with Crippen LogP contribution in [-0.2, 0) is 10.0 Å². The molecule has 0 heterocycles.